The number of ether oxygens (including phenoxy) is 1. The lowest BCUT2D eigenvalue weighted by atomic mass is 10.1. The Morgan fingerprint density at radius 3 is 2.54 bits per heavy atom. The second-order valence-electron chi connectivity index (χ2n) is 6.65. The molecule has 0 aliphatic heterocycles. The van der Waals surface area contributed by atoms with E-state index < -0.39 is 17.5 Å². The van der Waals surface area contributed by atoms with E-state index in [4.69, 9.17) is 9.84 Å². The molecule has 2 N–H and O–H groups in total. The fraction of sp³-hybridized carbons (Fsp3) is 0.182. The first kappa shape index (κ1) is 19.2. The minimum Gasteiger partial charge on any atom is -0.507 e. The van der Waals surface area contributed by atoms with Crippen molar-refractivity contribution < 1.29 is 24.5 Å². The molecular formula is C22H21NO5. The summed E-state index contributed by atoms with van der Waals surface area (Å²) in [4.78, 5) is 22.3. The maximum absolute atomic E-state index is 11.5. The zero-order valence-electron chi connectivity index (χ0n) is 15.9. The number of carbonyl (C=O) groups is 2. The Balaban J connectivity index is 2.17. The number of nitrogens with zero attached hydrogens (tertiary/aromatic N) is 1. The fourth-order valence-electron chi connectivity index (χ4n) is 3.29. The van der Waals surface area contributed by atoms with Crippen LogP contribution in [-0.2, 0) is 16.1 Å². The number of aliphatic hydroxyl groups excluding tert-OH is 1. The van der Waals surface area contributed by atoms with Crippen molar-refractivity contribution in [2.75, 3.05) is 7.11 Å². The minimum absolute atomic E-state index is 0.340. The van der Waals surface area contributed by atoms with Crippen LogP contribution in [-0.4, -0.2) is 33.6 Å². The number of hydrogen-bond donors (Lipinski definition) is 2. The largest absolute Gasteiger partial charge is 0.507 e. The van der Waals surface area contributed by atoms with Crippen LogP contribution >= 0.6 is 0 Å². The molecule has 0 atom stereocenters. The predicted molar refractivity (Wildman–Crippen MR) is 107 cm³/mol. The summed E-state index contributed by atoms with van der Waals surface area (Å²) in [5.41, 5.74) is 4.58. The van der Waals surface area contributed by atoms with Gasteiger partial charge in [-0.1, -0.05) is 29.8 Å². The molecule has 2 aromatic carbocycles. The maximum Gasteiger partial charge on any atom is 0.376 e. The third-order valence-electron chi connectivity index (χ3n) is 4.68. The quantitative estimate of drug-likeness (QED) is 0.386. The van der Waals surface area contributed by atoms with Gasteiger partial charge < -0.3 is 19.5 Å². The number of hydrogen-bond acceptors (Lipinski definition) is 4. The lowest BCUT2D eigenvalue weighted by Crippen LogP contribution is -2.09. The van der Waals surface area contributed by atoms with Crippen LogP contribution < -0.4 is 4.74 Å². The maximum atomic E-state index is 11.5. The summed E-state index contributed by atoms with van der Waals surface area (Å²) in [6.07, 6.45) is 2.42. The van der Waals surface area contributed by atoms with E-state index in [0.717, 1.165) is 16.6 Å². The molecule has 0 radical (unpaired) electrons. The molecule has 6 nitrogen and oxygen atoms in total. The lowest BCUT2D eigenvalue weighted by molar-refractivity contribution is -0.146. The number of carboxylic acids is 1. The van der Waals surface area contributed by atoms with E-state index in [-0.39, 0.29) is 0 Å². The number of fused-ring (bicyclic) bond motifs is 1. The highest BCUT2D eigenvalue weighted by Gasteiger charge is 2.18. The normalized spacial score (nSPS) is 11.6. The van der Waals surface area contributed by atoms with Crippen LogP contribution in [0.5, 0.6) is 5.75 Å². The standard InChI is InChI=1S/C22H21NO5/c1-13-7-8-15(14(2)9-13)11-23-12-16(18(24)10-19(25)22(26)27)21-17(23)5-4-6-20(21)28-3/h4-10,12,24H,11H2,1-3H3,(H,26,27)/b18-10-. The van der Waals surface area contributed by atoms with Gasteiger partial charge in [-0.2, -0.15) is 0 Å². The molecule has 6 heteroatoms. The van der Waals surface area contributed by atoms with Crippen LogP contribution in [0, 0.1) is 13.8 Å². The van der Waals surface area contributed by atoms with E-state index in [9.17, 15) is 14.7 Å². The average molecular weight is 379 g/mol. The van der Waals surface area contributed by atoms with E-state index in [1.165, 1.54) is 12.7 Å². The van der Waals surface area contributed by atoms with Crippen LogP contribution in [0.1, 0.15) is 22.3 Å². The molecule has 0 bridgehead atoms. The van der Waals surface area contributed by atoms with E-state index in [0.29, 0.717) is 29.3 Å². The van der Waals surface area contributed by atoms with Gasteiger partial charge in [-0.15, -0.1) is 0 Å². The summed E-state index contributed by atoms with van der Waals surface area (Å²) >= 11 is 0. The number of benzene rings is 2. The van der Waals surface area contributed by atoms with Gasteiger partial charge >= 0.3 is 5.97 Å². The topological polar surface area (TPSA) is 88.8 Å². The van der Waals surface area contributed by atoms with Gasteiger partial charge in [-0.25, -0.2) is 4.79 Å². The summed E-state index contributed by atoms with van der Waals surface area (Å²) in [5, 5.41) is 19.9. The highest BCUT2D eigenvalue weighted by atomic mass is 16.5. The van der Waals surface area contributed by atoms with Crippen molar-refractivity contribution in [1.82, 2.24) is 4.57 Å². The number of carbonyl (C=O) groups excluding carboxylic acids is 1. The van der Waals surface area contributed by atoms with Crippen molar-refractivity contribution in [3.8, 4) is 5.75 Å². The van der Waals surface area contributed by atoms with Gasteiger partial charge in [0.1, 0.15) is 11.5 Å². The molecule has 0 unspecified atom stereocenters. The Morgan fingerprint density at radius 2 is 1.89 bits per heavy atom. The summed E-state index contributed by atoms with van der Waals surface area (Å²) in [6.45, 7) is 4.63. The number of aryl methyl sites for hydroxylation is 2. The number of aliphatic hydroxyl groups is 1. The predicted octanol–water partition coefficient (Wildman–Crippen LogP) is 3.87. The number of aliphatic carboxylic acids is 1. The molecule has 0 spiro atoms. The van der Waals surface area contributed by atoms with Gasteiger partial charge in [-0.3, -0.25) is 4.79 Å². The molecule has 3 rings (SSSR count). The first-order valence-electron chi connectivity index (χ1n) is 8.72. The molecule has 0 amide bonds. The van der Waals surface area contributed by atoms with E-state index in [1.54, 1.807) is 12.3 Å². The van der Waals surface area contributed by atoms with E-state index in [1.807, 2.05) is 36.6 Å². The monoisotopic (exact) mass is 379 g/mol. The molecular weight excluding hydrogens is 358 g/mol. The SMILES string of the molecule is COc1cccc2c1c(/C(O)=C/C(=O)C(=O)O)cn2Cc1ccc(C)cc1C. The Bertz CT molecular complexity index is 1110. The van der Waals surface area contributed by atoms with Crippen molar-refractivity contribution in [2.45, 2.75) is 20.4 Å². The highest BCUT2D eigenvalue weighted by Crippen LogP contribution is 2.34. The van der Waals surface area contributed by atoms with Crippen molar-refractivity contribution in [3.63, 3.8) is 0 Å². The van der Waals surface area contributed by atoms with E-state index in [2.05, 4.69) is 12.1 Å². The van der Waals surface area contributed by atoms with Gasteiger partial charge in [0.2, 0.25) is 0 Å². The van der Waals surface area contributed by atoms with Gasteiger partial charge in [0, 0.05) is 24.4 Å². The molecule has 3 aromatic rings. The second kappa shape index (κ2) is 7.60. The van der Waals surface area contributed by atoms with Gasteiger partial charge in [0.05, 0.1) is 18.0 Å². The number of ketones is 1. The fourth-order valence-corrected chi connectivity index (χ4v) is 3.29. The Hall–Kier alpha value is -3.54. The molecule has 0 aliphatic rings. The van der Waals surface area contributed by atoms with Gasteiger partial charge in [0.25, 0.3) is 5.78 Å². The highest BCUT2D eigenvalue weighted by molar-refractivity contribution is 6.38. The van der Waals surface area contributed by atoms with Crippen LogP contribution in [0.4, 0.5) is 0 Å². The number of carboxylic acid groups (broad SMARTS) is 1. The van der Waals surface area contributed by atoms with Crippen LogP contribution in [0.2, 0.25) is 0 Å². The summed E-state index contributed by atoms with van der Waals surface area (Å²) in [7, 11) is 1.52. The summed E-state index contributed by atoms with van der Waals surface area (Å²) in [6, 6.07) is 11.7. The molecule has 1 aromatic heterocycles. The molecule has 0 saturated heterocycles. The minimum atomic E-state index is -1.63. The van der Waals surface area contributed by atoms with Gasteiger partial charge in [-0.05, 0) is 37.1 Å². The zero-order valence-corrected chi connectivity index (χ0v) is 15.9. The Morgan fingerprint density at radius 1 is 1.14 bits per heavy atom. The van der Waals surface area contributed by atoms with Crippen LogP contribution in [0.25, 0.3) is 16.7 Å². The molecule has 0 aliphatic carbocycles. The number of aromatic nitrogens is 1. The Kier molecular flexibility index (Phi) is 5.22. The number of methoxy groups -OCH3 is 1. The van der Waals surface area contributed by atoms with Crippen molar-refractivity contribution in [3.05, 3.63) is 70.9 Å². The Labute approximate surface area is 162 Å². The zero-order chi connectivity index (χ0) is 20.4. The smallest absolute Gasteiger partial charge is 0.376 e. The third kappa shape index (κ3) is 3.62. The first-order chi connectivity index (χ1) is 13.3. The third-order valence-corrected chi connectivity index (χ3v) is 4.68. The molecule has 0 fully saturated rings. The summed E-state index contributed by atoms with van der Waals surface area (Å²) in [5.74, 6) is -2.71. The lowest BCUT2D eigenvalue weighted by Gasteiger charge is -2.10. The van der Waals surface area contributed by atoms with Crippen molar-refractivity contribution in [1.29, 1.82) is 0 Å². The molecule has 0 saturated carbocycles. The van der Waals surface area contributed by atoms with Crippen molar-refractivity contribution >= 4 is 28.4 Å². The number of rotatable bonds is 6. The van der Waals surface area contributed by atoms with E-state index >= 15 is 0 Å². The van der Waals surface area contributed by atoms with Crippen molar-refractivity contribution in [2.24, 2.45) is 0 Å². The average Bonchev–Trinajstić information content (AvgIpc) is 3.02. The van der Waals surface area contributed by atoms with Gasteiger partial charge in [0.15, 0.2) is 0 Å². The second-order valence-corrected chi connectivity index (χ2v) is 6.65. The van der Waals surface area contributed by atoms with Crippen LogP contribution in [0.3, 0.4) is 0 Å². The molecule has 1 heterocycles. The first-order valence-corrected chi connectivity index (χ1v) is 8.72. The van der Waals surface area contributed by atoms with Crippen LogP contribution in [0.15, 0.2) is 48.7 Å². The molecule has 144 valence electrons. The summed E-state index contributed by atoms with van der Waals surface area (Å²) < 4.78 is 7.37. The molecule has 28 heavy (non-hydrogen) atoms.